The molecule has 96 valence electrons. The molecule has 0 radical (unpaired) electrons. The monoisotopic (exact) mass is 337 g/mol. The normalized spacial score (nSPS) is 11.1. The number of carbonyl (C=O) groups is 1. The fraction of sp³-hybridized carbons (Fsp3) is 0.0833. The number of fused-ring (bicyclic) bond motifs is 1. The number of nitrogens with zero attached hydrogens (tertiary/aromatic N) is 3. The Morgan fingerprint density at radius 1 is 1.42 bits per heavy atom. The second-order valence-corrected chi connectivity index (χ2v) is 5.64. The summed E-state index contributed by atoms with van der Waals surface area (Å²) < 4.78 is 1.85. The summed E-state index contributed by atoms with van der Waals surface area (Å²) >= 11 is 4.83. The number of aromatic carboxylic acids is 1. The minimum absolute atomic E-state index is 0.0347. The molecule has 0 saturated heterocycles. The molecule has 19 heavy (non-hydrogen) atoms. The number of hydrogen-bond acceptors (Lipinski definition) is 4. The maximum absolute atomic E-state index is 11.0. The zero-order chi connectivity index (χ0) is 13.6. The molecule has 0 spiro atoms. The third-order valence-electron chi connectivity index (χ3n) is 2.72. The molecule has 5 nitrogen and oxygen atoms in total. The Hall–Kier alpha value is -1.73. The van der Waals surface area contributed by atoms with E-state index in [2.05, 4.69) is 26.0 Å². The van der Waals surface area contributed by atoms with Crippen molar-refractivity contribution in [3.63, 3.8) is 0 Å². The van der Waals surface area contributed by atoms with Gasteiger partial charge in [-0.25, -0.2) is 14.3 Å². The summed E-state index contributed by atoms with van der Waals surface area (Å²) in [6.07, 6.45) is 0. The standard InChI is InChI=1S/C12H8BrN3O2S/c1-6-4-5-19-10(6)7-2-3-8-14-9(12(17)18)11(13)16(8)15-7/h2-5H,1H3,(H,17,18). The summed E-state index contributed by atoms with van der Waals surface area (Å²) in [5.74, 6) is -1.08. The highest BCUT2D eigenvalue weighted by atomic mass is 79.9. The van der Waals surface area contributed by atoms with Crippen molar-refractivity contribution in [3.05, 3.63) is 39.4 Å². The number of imidazole rings is 1. The highest BCUT2D eigenvalue weighted by Gasteiger charge is 2.17. The summed E-state index contributed by atoms with van der Waals surface area (Å²) in [5, 5.41) is 15.5. The van der Waals surface area contributed by atoms with Crippen LogP contribution in [-0.2, 0) is 0 Å². The Balaban J connectivity index is 2.24. The molecule has 0 fully saturated rings. The topological polar surface area (TPSA) is 67.5 Å². The number of aryl methyl sites for hydroxylation is 1. The molecule has 0 saturated carbocycles. The molecular weight excluding hydrogens is 330 g/mol. The van der Waals surface area contributed by atoms with Gasteiger partial charge >= 0.3 is 5.97 Å². The Morgan fingerprint density at radius 3 is 2.84 bits per heavy atom. The maximum atomic E-state index is 11.0. The van der Waals surface area contributed by atoms with Crippen molar-refractivity contribution in [2.75, 3.05) is 0 Å². The van der Waals surface area contributed by atoms with Gasteiger partial charge in [0.1, 0.15) is 10.3 Å². The molecule has 3 rings (SSSR count). The van der Waals surface area contributed by atoms with Crippen LogP contribution in [0.1, 0.15) is 16.1 Å². The van der Waals surface area contributed by atoms with Crippen molar-refractivity contribution in [3.8, 4) is 10.6 Å². The van der Waals surface area contributed by atoms with E-state index < -0.39 is 5.97 Å². The summed E-state index contributed by atoms with van der Waals surface area (Å²) in [7, 11) is 0. The highest BCUT2D eigenvalue weighted by Crippen LogP contribution is 2.28. The predicted molar refractivity (Wildman–Crippen MR) is 75.7 cm³/mol. The fourth-order valence-electron chi connectivity index (χ4n) is 1.80. The fourth-order valence-corrected chi connectivity index (χ4v) is 3.21. The van der Waals surface area contributed by atoms with Crippen LogP contribution in [0.2, 0.25) is 0 Å². The van der Waals surface area contributed by atoms with Crippen LogP contribution >= 0.6 is 27.3 Å². The molecule has 0 aliphatic carbocycles. The van der Waals surface area contributed by atoms with Crippen LogP contribution in [0.4, 0.5) is 0 Å². The van der Waals surface area contributed by atoms with Crippen molar-refractivity contribution in [1.29, 1.82) is 0 Å². The summed E-state index contributed by atoms with van der Waals surface area (Å²) in [5.41, 5.74) is 2.41. The van der Waals surface area contributed by atoms with Crippen molar-refractivity contribution >= 4 is 38.9 Å². The van der Waals surface area contributed by atoms with Crippen molar-refractivity contribution < 1.29 is 9.90 Å². The third-order valence-corrected chi connectivity index (χ3v) is 4.47. The molecule has 0 aliphatic heterocycles. The molecule has 0 aromatic carbocycles. The lowest BCUT2D eigenvalue weighted by Crippen LogP contribution is -1.98. The first-order valence-electron chi connectivity index (χ1n) is 5.41. The number of rotatable bonds is 2. The average molecular weight is 338 g/mol. The molecule has 3 heterocycles. The van der Waals surface area contributed by atoms with Crippen LogP contribution in [0, 0.1) is 6.92 Å². The molecule has 0 amide bonds. The van der Waals surface area contributed by atoms with Gasteiger partial charge in [0.2, 0.25) is 0 Å². The first kappa shape index (κ1) is 12.3. The van der Waals surface area contributed by atoms with E-state index in [1.54, 1.807) is 17.4 Å². The van der Waals surface area contributed by atoms with Gasteiger partial charge in [-0.2, -0.15) is 5.10 Å². The second kappa shape index (κ2) is 4.43. The molecule has 0 unspecified atom stereocenters. The van der Waals surface area contributed by atoms with Gasteiger partial charge in [-0.1, -0.05) is 0 Å². The van der Waals surface area contributed by atoms with E-state index in [0.717, 1.165) is 16.1 Å². The lowest BCUT2D eigenvalue weighted by atomic mass is 10.2. The number of thiophene rings is 1. The van der Waals surface area contributed by atoms with Gasteiger partial charge in [-0.15, -0.1) is 11.3 Å². The minimum atomic E-state index is -1.08. The molecule has 0 aliphatic rings. The van der Waals surface area contributed by atoms with E-state index in [4.69, 9.17) is 5.11 Å². The summed E-state index contributed by atoms with van der Waals surface area (Å²) in [6.45, 7) is 2.02. The Bertz CT molecular complexity index is 793. The van der Waals surface area contributed by atoms with E-state index in [9.17, 15) is 4.79 Å². The molecule has 7 heteroatoms. The van der Waals surface area contributed by atoms with Gasteiger partial charge < -0.3 is 5.11 Å². The summed E-state index contributed by atoms with van der Waals surface area (Å²) in [6, 6.07) is 5.63. The Labute approximate surface area is 120 Å². The van der Waals surface area contributed by atoms with Crippen LogP contribution in [0.25, 0.3) is 16.2 Å². The first-order chi connectivity index (χ1) is 9.08. The smallest absolute Gasteiger partial charge is 0.357 e. The number of hydrogen-bond donors (Lipinski definition) is 1. The second-order valence-electron chi connectivity index (χ2n) is 3.98. The third kappa shape index (κ3) is 1.95. The van der Waals surface area contributed by atoms with E-state index in [0.29, 0.717) is 10.3 Å². The summed E-state index contributed by atoms with van der Waals surface area (Å²) in [4.78, 5) is 16.1. The van der Waals surface area contributed by atoms with Crippen LogP contribution in [0.15, 0.2) is 28.2 Å². The van der Waals surface area contributed by atoms with E-state index >= 15 is 0 Å². The molecular formula is C12H8BrN3O2S. The van der Waals surface area contributed by atoms with Gasteiger partial charge in [-0.05, 0) is 52.0 Å². The number of aromatic nitrogens is 3. The zero-order valence-corrected chi connectivity index (χ0v) is 12.2. The molecule has 3 aromatic rings. The van der Waals surface area contributed by atoms with E-state index in [1.165, 1.54) is 4.52 Å². The van der Waals surface area contributed by atoms with Crippen molar-refractivity contribution in [2.24, 2.45) is 0 Å². The Kier molecular flexibility index (Phi) is 2.87. The largest absolute Gasteiger partial charge is 0.476 e. The van der Waals surface area contributed by atoms with Gasteiger partial charge in [0, 0.05) is 0 Å². The van der Waals surface area contributed by atoms with Gasteiger partial charge in [0.15, 0.2) is 11.3 Å². The van der Waals surface area contributed by atoms with Gasteiger partial charge in [-0.3, -0.25) is 0 Å². The maximum Gasteiger partial charge on any atom is 0.357 e. The SMILES string of the molecule is Cc1ccsc1-c1ccc2nc(C(=O)O)c(Br)n2n1. The molecule has 0 bridgehead atoms. The van der Waals surface area contributed by atoms with Crippen molar-refractivity contribution in [1.82, 2.24) is 14.6 Å². The van der Waals surface area contributed by atoms with Gasteiger partial charge in [0.25, 0.3) is 0 Å². The quantitative estimate of drug-likeness (QED) is 0.779. The first-order valence-corrected chi connectivity index (χ1v) is 7.08. The van der Waals surface area contributed by atoms with Gasteiger partial charge in [0.05, 0.1) is 4.88 Å². The van der Waals surface area contributed by atoms with Crippen LogP contribution < -0.4 is 0 Å². The molecule has 1 N–H and O–H groups in total. The number of halogens is 1. The van der Waals surface area contributed by atoms with E-state index in [1.807, 2.05) is 24.4 Å². The zero-order valence-electron chi connectivity index (χ0n) is 9.79. The van der Waals surface area contributed by atoms with Crippen LogP contribution in [0.3, 0.4) is 0 Å². The predicted octanol–water partition coefficient (Wildman–Crippen LogP) is 3.23. The highest BCUT2D eigenvalue weighted by molar-refractivity contribution is 9.10. The van der Waals surface area contributed by atoms with Crippen molar-refractivity contribution in [2.45, 2.75) is 6.92 Å². The van der Waals surface area contributed by atoms with E-state index in [-0.39, 0.29) is 5.69 Å². The van der Waals surface area contributed by atoms with Crippen LogP contribution in [0.5, 0.6) is 0 Å². The number of carboxylic acids is 1. The average Bonchev–Trinajstić information content (AvgIpc) is 2.94. The lowest BCUT2D eigenvalue weighted by molar-refractivity contribution is 0.0690. The molecule has 0 atom stereocenters. The number of carboxylic acid groups (broad SMARTS) is 1. The lowest BCUT2D eigenvalue weighted by Gasteiger charge is -2.00. The minimum Gasteiger partial charge on any atom is -0.476 e. The Morgan fingerprint density at radius 2 is 2.21 bits per heavy atom. The van der Waals surface area contributed by atoms with Crippen LogP contribution in [-0.4, -0.2) is 25.7 Å². The molecule has 3 aromatic heterocycles.